The van der Waals surface area contributed by atoms with Gasteiger partial charge < -0.3 is 9.47 Å². The first kappa shape index (κ1) is 20.3. The van der Waals surface area contributed by atoms with Gasteiger partial charge in [-0.25, -0.2) is 4.79 Å². The second-order valence-electron chi connectivity index (χ2n) is 7.17. The number of ether oxygens (including phenoxy) is 2. The minimum atomic E-state index is -0.426. The summed E-state index contributed by atoms with van der Waals surface area (Å²) in [6, 6.07) is 8.76. The maximum absolute atomic E-state index is 12.4. The van der Waals surface area contributed by atoms with E-state index in [0.29, 0.717) is 29.9 Å². The SMILES string of the molecule is C/C(Cl)=C\CCC(=O)/C=C/[C@@H]1[C@H]2CC(=O)O[C@H]2C[C@H]1OC(=O)c1ccccc1. The van der Waals surface area contributed by atoms with Gasteiger partial charge in [-0.15, -0.1) is 0 Å². The lowest BCUT2D eigenvalue weighted by Gasteiger charge is -2.20. The highest BCUT2D eigenvalue weighted by molar-refractivity contribution is 6.29. The second kappa shape index (κ2) is 9.20. The third-order valence-corrected chi connectivity index (χ3v) is 5.29. The van der Waals surface area contributed by atoms with Crippen molar-refractivity contribution in [3.63, 3.8) is 0 Å². The fourth-order valence-electron chi connectivity index (χ4n) is 3.79. The zero-order valence-electron chi connectivity index (χ0n) is 15.7. The number of benzene rings is 1. The summed E-state index contributed by atoms with van der Waals surface area (Å²) in [7, 11) is 0. The fourth-order valence-corrected chi connectivity index (χ4v) is 3.89. The molecule has 0 unspecified atom stereocenters. The van der Waals surface area contributed by atoms with Crippen LogP contribution in [0.3, 0.4) is 0 Å². The molecule has 1 heterocycles. The third kappa shape index (κ3) is 5.10. The minimum Gasteiger partial charge on any atom is -0.462 e. The molecule has 0 spiro atoms. The molecule has 2 fully saturated rings. The molecule has 28 heavy (non-hydrogen) atoms. The van der Waals surface area contributed by atoms with Gasteiger partial charge in [0, 0.05) is 29.7 Å². The number of ketones is 1. The van der Waals surface area contributed by atoms with E-state index in [9.17, 15) is 14.4 Å². The lowest BCUT2D eigenvalue weighted by Crippen LogP contribution is -2.24. The molecule has 6 heteroatoms. The van der Waals surface area contributed by atoms with Crippen LogP contribution in [0.1, 0.15) is 43.0 Å². The van der Waals surface area contributed by atoms with Gasteiger partial charge in [0.1, 0.15) is 12.2 Å². The molecule has 4 atom stereocenters. The summed E-state index contributed by atoms with van der Waals surface area (Å²) >= 11 is 5.77. The average Bonchev–Trinajstić information content (AvgIpc) is 3.16. The molecular weight excluding hydrogens is 380 g/mol. The zero-order valence-corrected chi connectivity index (χ0v) is 16.4. The van der Waals surface area contributed by atoms with E-state index in [1.165, 1.54) is 6.08 Å². The predicted octanol–water partition coefficient (Wildman–Crippen LogP) is 4.21. The van der Waals surface area contributed by atoms with Crippen LogP contribution in [0.5, 0.6) is 0 Å². The number of rotatable bonds is 7. The van der Waals surface area contributed by atoms with Crippen LogP contribution < -0.4 is 0 Å². The Bertz CT molecular complexity index is 794. The second-order valence-corrected chi connectivity index (χ2v) is 7.77. The summed E-state index contributed by atoms with van der Waals surface area (Å²) in [6.45, 7) is 1.77. The molecule has 3 rings (SSSR count). The Hall–Kier alpha value is -2.40. The van der Waals surface area contributed by atoms with Crippen LogP contribution in [0.2, 0.25) is 0 Å². The molecule has 148 valence electrons. The van der Waals surface area contributed by atoms with Crippen LogP contribution in [-0.4, -0.2) is 29.9 Å². The molecule has 0 aromatic heterocycles. The Kier molecular flexibility index (Phi) is 6.68. The van der Waals surface area contributed by atoms with Gasteiger partial charge >= 0.3 is 11.9 Å². The maximum atomic E-state index is 12.4. The van der Waals surface area contributed by atoms with Crippen LogP contribution in [0.4, 0.5) is 0 Å². The van der Waals surface area contributed by atoms with Gasteiger partial charge in [-0.3, -0.25) is 9.59 Å². The number of hydrogen-bond donors (Lipinski definition) is 0. The lowest BCUT2D eigenvalue weighted by atomic mass is 9.91. The van der Waals surface area contributed by atoms with Crippen molar-refractivity contribution >= 4 is 29.3 Å². The van der Waals surface area contributed by atoms with E-state index in [1.54, 1.807) is 43.3 Å². The Morgan fingerprint density at radius 3 is 2.75 bits per heavy atom. The fraction of sp³-hybridized carbons (Fsp3) is 0.409. The summed E-state index contributed by atoms with van der Waals surface area (Å²) in [5.74, 6) is -0.982. The van der Waals surface area contributed by atoms with Crippen molar-refractivity contribution < 1.29 is 23.9 Å². The summed E-state index contributed by atoms with van der Waals surface area (Å²) in [5, 5.41) is 0.657. The highest BCUT2D eigenvalue weighted by atomic mass is 35.5. The molecule has 0 amide bonds. The first-order valence-corrected chi connectivity index (χ1v) is 9.80. The normalized spacial score (nSPS) is 26.9. The highest BCUT2D eigenvalue weighted by Crippen LogP contribution is 2.43. The van der Waals surface area contributed by atoms with Crippen molar-refractivity contribution in [2.45, 2.75) is 44.8 Å². The van der Waals surface area contributed by atoms with Crippen molar-refractivity contribution in [1.82, 2.24) is 0 Å². The Morgan fingerprint density at radius 2 is 2.04 bits per heavy atom. The molecule has 1 aromatic carbocycles. The summed E-state index contributed by atoms with van der Waals surface area (Å²) in [4.78, 5) is 36.2. The van der Waals surface area contributed by atoms with E-state index in [2.05, 4.69) is 0 Å². The first-order valence-electron chi connectivity index (χ1n) is 9.43. The Labute approximate surface area is 169 Å². The van der Waals surface area contributed by atoms with E-state index in [0.717, 1.165) is 0 Å². The van der Waals surface area contributed by atoms with E-state index >= 15 is 0 Å². The minimum absolute atomic E-state index is 0.0315. The number of carbonyl (C=O) groups is 3. The van der Waals surface area contributed by atoms with Gasteiger partial charge in [-0.1, -0.05) is 42.0 Å². The molecule has 0 bridgehead atoms. The number of allylic oxidation sites excluding steroid dienone is 3. The number of halogens is 1. The summed E-state index contributed by atoms with van der Waals surface area (Å²) in [6.07, 6.45) is 6.05. The standard InChI is InChI=1S/C22H23ClO5/c1-14(23)6-5-9-16(24)10-11-17-18-12-21(25)27-20(18)13-19(17)28-22(26)15-7-3-2-4-8-15/h2-4,6-8,10-11,17-20H,5,9,12-13H2,1H3/b11-10+,14-6+/t17-,18-,19-,20+/m1/s1. The van der Waals surface area contributed by atoms with E-state index < -0.39 is 12.1 Å². The van der Waals surface area contributed by atoms with Crippen molar-refractivity contribution in [1.29, 1.82) is 0 Å². The number of carbonyl (C=O) groups excluding carboxylic acids is 3. The van der Waals surface area contributed by atoms with Crippen LogP contribution in [0, 0.1) is 11.8 Å². The molecule has 0 radical (unpaired) electrons. The molecule has 1 saturated carbocycles. The average molecular weight is 403 g/mol. The topological polar surface area (TPSA) is 69.7 Å². The van der Waals surface area contributed by atoms with E-state index in [-0.39, 0.29) is 36.1 Å². The summed E-state index contributed by atoms with van der Waals surface area (Å²) < 4.78 is 11.1. The van der Waals surface area contributed by atoms with Crippen molar-refractivity contribution in [2.24, 2.45) is 11.8 Å². The Morgan fingerprint density at radius 1 is 1.29 bits per heavy atom. The van der Waals surface area contributed by atoms with Gasteiger partial charge in [0.25, 0.3) is 0 Å². The van der Waals surface area contributed by atoms with Gasteiger partial charge in [0.15, 0.2) is 5.78 Å². The smallest absolute Gasteiger partial charge is 0.338 e. The molecule has 0 N–H and O–H groups in total. The summed E-state index contributed by atoms with van der Waals surface area (Å²) in [5.41, 5.74) is 0.471. The van der Waals surface area contributed by atoms with Crippen LogP contribution in [0.15, 0.2) is 53.6 Å². The van der Waals surface area contributed by atoms with Crippen molar-refractivity contribution in [3.8, 4) is 0 Å². The first-order chi connectivity index (χ1) is 13.4. The highest BCUT2D eigenvalue weighted by Gasteiger charge is 2.50. The molecule has 1 aliphatic carbocycles. The van der Waals surface area contributed by atoms with Gasteiger partial charge in [-0.05, 0) is 31.6 Å². The number of fused-ring (bicyclic) bond motifs is 1. The van der Waals surface area contributed by atoms with E-state index in [1.807, 2.05) is 6.07 Å². The van der Waals surface area contributed by atoms with Crippen molar-refractivity contribution in [3.05, 3.63) is 59.2 Å². The number of hydrogen-bond acceptors (Lipinski definition) is 5. The van der Waals surface area contributed by atoms with Crippen molar-refractivity contribution in [2.75, 3.05) is 0 Å². The zero-order chi connectivity index (χ0) is 20.1. The molecule has 1 aliphatic heterocycles. The molecule has 1 saturated heterocycles. The molecular formula is C22H23ClO5. The molecule has 2 aliphatic rings. The monoisotopic (exact) mass is 402 g/mol. The lowest BCUT2D eigenvalue weighted by molar-refractivity contribution is -0.141. The quantitative estimate of drug-likeness (QED) is 0.504. The van der Waals surface area contributed by atoms with E-state index in [4.69, 9.17) is 21.1 Å². The third-order valence-electron chi connectivity index (χ3n) is 5.14. The molecule has 5 nitrogen and oxygen atoms in total. The number of esters is 2. The molecule has 1 aromatic rings. The van der Waals surface area contributed by atoms with Gasteiger partial charge in [-0.2, -0.15) is 0 Å². The van der Waals surface area contributed by atoms with Crippen LogP contribution in [0.25, 0.3) is 0 Å². The predicted molar refractivity (Wildman–Crippen MR) is 105 cm³/mol. The Balaban J connectivity index is 1.68. The maximum Gasteiger partial charge on any atom is 0.338 e. The van der Waals surface area contributed by atoms with Crippen LogP contribution in [-0.2, 0) is 19.1 Å². The largest absolute Gasteiger partial charge is 0.462 e. The van der Waals surface area contributed by atoms with Gasteiger partial charge in [0.2, 0.25) is 0 Å². The van der Waals surface area contributed by atoms with Gasteiger partial charge in [0.05, 0.1) is 12.0 Å². The van der Waals surface area contributed by atoms with Crippen LogP contribution >= 0.6 is 11.6 Å².